The van der Waals surface area contributed by atoms with E-state index in [0.717, 1.165) is 31.4 Å². The van der Waals surface area contributed by atoms with Crippen LogP contribution in [0.2, 0.25) is 0 Å². The average Bonchev–Trinajstić information content (AvgIpc) is 1.67. The molecule has 40 heteroatoms. The van der Waals surface area contributed by atoms with E-state index in [1.165, 1.54) is 0 Å². The topological polar surface area (TPSA) is 594 Å². The molecule has 104 heavy (non-hydrogen) atoms. The number of primary amides is 2. The highest BCUT2D eigenvalue weighted by Crippen LogP contribution is 2.33. The Balaban J connectivity index is -0.00000580. The number of hydrogen-bond donors (Lipinski definition) is 20. The molecule has 2 aliphatic rings. The fourth-order valence-corrected chi connectivity index (χ4v) is 11.6. The molecule has 0 radical (unpaired) electrons. The van der Waals surface area contributed by atoms with Gasteiger partial charge in [-0.25, -0.2) is 4.79 Å². The number of carbonyl (C=O) groups is 15. The SMILES string of the molecule is C[C@@H](CCCCNC(=O)[C@H](CO)NC(=O)CNC(=O)[C@H](CO)NC(=O)CCCC(=O)N[C@@H](CO)C(=O)NCC(=O)N[C@@H](CO)C(=O)NCCCC[C@H](NC(=O)COCCOCCNC(=O)COCCOCCNC(=O)CCCCC[C@@H]1SC[C@@H]2NC(=O)N[C@@H]21)C(=O)NCCCC[C@H](C)C(N)=O)C(N)=O.[2H][2H].[2H][2H].[2H][2H].[2H][2H].[2H][2H]. The summed E-state index contributed by atoms with van der Waals surface area (Å²) in [6, 6.07) is -6.68. The van der Waals surface area contributed by atoms with Gasteiger partial charge in [0.15, 0.2) is 0 Å². The van der Waals surface area contributed by atoms with E-state index < -0.39 is 147 Å². The van der Waals surface area contributed by atoms with Crippen molar-refractivity contribution in [2.45, 2.75) is 171 Å². The molecule has 22 N–H and O–H groups in total. The van der Waals surface area contributed by atoms with Gasteiger partial charge in [0.1, 0.15) is 43.4 Å². The summed E-state index contributed by atoms with van der Waals surface area (Å²) in [5.41, 5.74) is 10.6. The molecule has 0 bridgehead atoms. The van der Waals surface area contributed by atoms with Crippen molar-refractivity contribution in [1.82, 2.24) is 74.4 Å². The molecule has 10 atom stereocenters. The number of fused-ring (bicyclic) bond motifs is 1. The molecule has 39 nitrogen and oxygen atoms in total. The maximum atomic E-state index is 13.3. The van der Waals surface area contributed by atoms with Crippen LogP contribution in [-0.2, 0) is 86.1 Å². The molecule has 602 valence electrons. The van der Waals surface area contributed by atoms with E-state index >= 15 is 0 Å². The van der Waals surface area contributed by atoms with E-state index in [4.69, 9.17) is 45.3 Å². The third-order valence-electron chi connectivity index (χ3n) is 16.2. The number of unbranched alkanes of at least 4 members (excludes halogenated alkanes) is 5. The summed E-state index contributed by atoms with van der Waals surface area (Å²) in [6.45, 7) is -0.327. The number of ether oxygens (including phenoxy) is 4. The molecule has 0 aliphatic carbocycles. The van der Waals surface area contributed by atoms with Crippen molar-refractivity contribution < 1.29 is 126 Å². The minimum Gasteiger partial charge on any atom is -0.394 e. The lowest BCUT2D eigenvalue weighted by Crippen LogP contribution is -2.54. The van der Waals surface area contributed by atoms with Crippen molar-refractivity contribution in [3.8, 4) is 0 Å². The van der Waals surface area contributed by atoms with Gasteiger partial charge in [0.25, 0.3) is 0 Å². The number of nitrogens with two attached hydrogens (primary N) is 2. The Morgan fingerprint density at radius 1 is 0.433 bits per heavy atom. The van der Waals surface area contributed by atoms with E-state index in [0.29, 0.717) is 63.3 Å². The van der Waals surface area contributed by atoms with E-state index in [1.54, 1.807) is 13.8 Å². The highest BCUT2D eigenvalue weighted by Gasteiger charge is 2.42. The largest absolute Gasteiger partial charge is 0.394 e. The lowest BCUT2D eigenvalue weighted by atomic mass is 10.0. The fraction of sp³-hybridized carbons (Fsp3) is 0.766. The van der Waals surface area contributed by atoms with Gasteiger partial charge in [-0.2, -0.15) is 11.8 Å². The molecule has 0 aromatic carbocycles. The number of thioether (sulfide) groups is 1. The first-order chi connectivity index (χ1) is 54.8. The monoisotopic (exact) mass is 1520 g/mol. The Bertz CT molecular complexity index is 2760. The molecule has 0 spiro atoms. The number of aliphatic hydroxyl groups is 4. The van der Waals surface area contributed by atoms with Crippen LogP contribution >= 0.6 is 11.8 Å². The van der Waals surface area contributed by atoms with Crippen LogP contribution in [0.4, 0.5) is 4.79 Å². The van der Waals surface area contributed by atoms with Crippen molar-refractivity contribution in [2.75, 3.05) is 131 Å². The number of hydrogen-bond acceptors (Lipinski definition) is 24. The number of carbonyl (C=O) groups excluding carboxylic acids is 15. The fourth-order valence-electron chi connectivity index (χ4n) is 10.1. The summed E-state index contributed by atoms with van der Waals surface area (Å²) >= 11 is 1.88. The highest BCUT2D eigenvalue weighted by molar-refractivity contribution is 8.00. The van der Waals surface area contributed by atoms with Crippen molar-refractivity contribution >= 4 is 100 Å². The number of amides is 16. The Morgan fingerprint density at radius 3 is 1.29 bits per heavy atom. The van der Waals surface area contributed by atoms with Crippen LogP contribution in [0.15, 0.2) is 0 Å². The quantitative estimate of drug-likeness (QED) is 0.0199. The summed E-state index contributed by atoms with van der Waals surface area (Å²) in [5.74, 6) is -9.12. The van der Waals surface area contributed by atoms with Gasteiger partial charge in [0.2, 0.25) is 82.7 Å². The second-order valence-electron chi connectivity index (χ2n) is 24.8. The molecule has 16 amide bonds. The van der Waals surface area contributed by atoms with Gasteiger partial charge in [-0.05, 0) is 64.2 Å². The summed E-state index contributed by atoms with van der Waals surface area (Å²) in [7, 11) is 0. The zero-order valence-electron chi connectivity index (χ0n) is 69.5. The lowest BCUT2D eigenvalue weighted by Gasteiger charge is -2.20. The van der Waals surface area contributed by atoms with Crippen molar-refractivity contribution in [3.05, 3.63) is 0 Å². The summed E-state index contributed by atoms with van der Waals surface area (Å²) < 4.78 is 71.7. The van der Waals surface area contributed by atoms with Crippen LogP contribution in [-0.4, -0.2) is 288 Å². The first-order valence-corrected chi connectivity index (χ1v) is 36.3. The van der Waals surface area contributed by atoms with E-state index in [1.807, 2.05) is 11.8 Å². The second-order valence-corrected chi connectivity index (χ2v) is 26.1. The van der Waals surface area contributed by atoms with Crippen LogP contribution in [0.1, 0.15) is 138 Å². The summed E-state index contributed by atoms with van der Waals surface area (Å²) in [5, 5.41) is 74.7. The molecule has 0 aromatic rings. The molecule has 0 aromatic heterocycles. The Morgan fingerprint density at radius 2 is 0.827 bits per heavy atom. The first-order valence-electron chi connectivity index (χ1n) is 40.2. The highest BCUT2D eigenvalue weighted by atomic mass is 32.2. The van der Waals surface area contributed by atoms with Crippen LogP contribution in [0.5, 0.6) is 0 Å². The molecule has 2 saturated heterocycles. The van der Waals surface area contributed by atoms with Gasteiger partial charge in [-0.3, -0.25) is 67.1 Å². The third kappa shape index (κ3) is 42.0. The first kappa shape index (κ1) is 83.2. The normalized spacial score (nSPS) is 16.7. The van der Waals surface area contributed by atoms with Gasteiger partial charge >= 0.3 is 6.03 Å². The predicted octanol–water partition coefficient (Wildman–Crippen LogP) is -6.47. The summed E-state index contributed by atoms with van der Waals surface area (Å²) in [6.07, 6.45) is 7.13. The summed E-state index contributed by atoms with van der Waals surface area (Å²) in [4.78, 5) is 186. The number of aliphatic hydroxyl groups excluding tert-OH is 4. The minimum atomic E-state index is -1.57. The number of nitrogens with one attached hydrogen (secondary N) is 14. The van der Waals surface area contributed by atoms with E-state index in [-0.39, 0.29) is 146 Å². The molecule has 0 unspecified atom stereocenters. The average molecular weight is 1530 g/mol. The van der Waals surface area contributed by atoms with Crippen molar-refractivity contribution in [3.63, 3.8) is 0 Å². The Hall–Kier alpha value is -8.12. The van der Waals surface area contributed by atoms with Crippen molar-refractivity contribution in [2.24, 2.45) is 23.3 Å². The number of urea groups is 1. The molecular weight excluding hydrogens is 1390 g/mol. The number of rotatable bonds is 61. The molecule has 2 rings (SSSR count). The zero-order valence-corrected chi connectivity index (χ0v) is 60.4. The zero-order chi connectivity index (χ0) is 87.0. The van der Waals surface area contributed by atoms with Gasteiger partial charge in [0, 0.05) is 89.7 Å². The van der Waals surface area contributed by atoms with Crippen LogP contribution in [0, 0.1) is 11.8 Å². The molecule has 2 heterocycles. The standard InChI is InChI=1S/C64H112N16O23S.5H2/c1-40(57(65)92)13-6-9-20-69-59(94)42(74-55(91)38-103-30-28-101-26-24-68-54(90)37-102-29-27-100-25-23-67-49(85)17-5-3-4-16-48-56-47(39-104-48)79-64(99)80-56)15-8-11-22-71-61(96)44(34-82)78-53(89)32-73-63(98)46(36-84)76-51(87)19-12-18-50(86)75-45(35-83)62(97)72-31-52(88)77-43(33-81)60(95)70-21-10-7-14-41(2)58(66)93;;;;;/h40-48,56,81-84H,3-39H2,1-2H3,(H2,65,92)(H2,66,93)(H,67,85)(H,68,90)(H,69,94)(H,70,95)(H,71,96)(H,72,97)(H,73,98)(H,74,91)(H,75,86)(H,76,87)(H,77,88)(H,78,89)(H2,79,80,99);5*1H/t40-,41-,42-,43-,44-,45-,46-,47-,48-,56-;;;;;/m0...../s1/i;5*1+1D. The van der Waals surface area contributed by atoms with Crippen molar-refractivity contribution in [1.29, 1.82) is 0 Å². The second kappa shape index (κ2) is 55.4. The van der Waals surface area contributed by atoms with Gasteiger partial charge < -0.3 is 125 Å². The molecule has 0 saturated carbocycles. The van der Waals surface area contributed by atoms with Crippen LogP contribution in [0.3, 0.4) is 0 Å². The van der Waals surface area contributed by atoms with Gasteiger partial charge in [-0.1, -0.05) is 39.5 Å². The maximum Gasteiger partial charge on any atom is 0.315 e. The molecule has 2 aliphatic heterocycles. The van der Waals surface area contributed by atoms with Gasteiger partial charge in [0.05, 0.1) is 91.2 Å². The minimum absolute atomic E-state index is 0.00305. The lowest BCUT2D eigenvalue weighted by molar-refractivity contribution is -0.133. The smallest absolute Gasteiger partial charge is 0.315 e. The van der Waals surface area contributed by atoms with Gasteiger partial charge in [-0.15, -0.1) is 0 Å². The van der Waals surface area contributed by atoms with Crippen LogP contribution in [0.25, 0.3) is 0 Å². The van der Waals surface area contributed by atoms with E-state index in [9.17, 15) is 92.3 Å². The Kier molecular flexibility index (Phi) is 44.3. The third-order valence-corrected chi connectivity index (χ3v) is 17.7. The molecule has 2 fully saturated rings. The van der Waals surface area contributed by atoms with E-state index in [2.05, 4.69) is 74.4 Å². The maximum absolute atomic E-state index is 13.3. The Labute approximate surface area is 624 Å². The van der Waals surface area contributed by atoms with Crippen LogP contribution < -0.4 is 85.9 Å². The molecular formula is C64H122N16O23S. The predicted molar refractivity (Wildman–Crippen MR) is 384 cm³/mol.